The molecule has 26 heavy (non-hydrogen) atoms. The lowest BCUT2D eigenvalue weighted by Gasteiger charge is -2.23. The van der Waals surface area contributed by atoms with Gasteiger partial charge in [0.2, 0.25) is 0 Å². The number of nitrogens with one attached hydrogen (secondary N) is 2. The molecule has 7 nitrogen and oxygen atoms in total. The Balaban J connectivity index is 0.00000243. The third kappa shape index (κ3) is 5.00. The molecule has 2 heterocycles. The van der Waals surface area contributed by atoms with Crippen LogP contribution in [-0.2, 0) is 4.79 Å². The number of nitrogens with zero attached hydrogens (tertiary/aromatic N) is 1. The molecule has 2 N–H and O–H groups in total. The minimum atomic E-state index is -0.341. The van der Waals surface area contributed by atoms with E-state index in [1.807, 2.05) is 0 Å². The number of halogens is 1. The molecule has 1 fully saturated rings. The van der Waals surface area contributed by atoms with Crippen LogP contribution < -0.4 is 15.4 Å². The Hall–Kier alpha value is -2.51. The van der Waals surface area contributed by atoms with E-state index in [1.54, 1.807) is 48.3 Å². The molecule has 1 saturated heterocycles. The van der Waals surface area contributed by atoms with Gasteiger partial charge in [0.1, 0.15) is 5.75 Å². The summed E-state index contributed by atoms with van der Waals surface area (Å²) in [7, 11) is 1.80. The zero-order chi connectivity index (χ0) is 17.6. The molecule has 8 heteroatoms. The van der Waals surface area contributed by atoms with Gasteiger partial charge < -0.3 is 24.7 Å². The highest BCUT2D eigenvalue weighted by Gasteiger charge is 2.23. The zero-order valence-electron chi connectivity index (χ0n) is 14.4. The minimum Gasteiger partial charge on any atom is -0.484 e. The van der Waals surface area contributed by atoms with Gasteiger partial charge in [0.15, 0.2) is 12.4 Å². The molecular formula is C18H22ClN3O4. The second-order valence-electron chi connectivity index (χ2n) is 5.90. The Morgan fingerprint density at radius 3 is 2.88 bits per heavy atom. The quantitative estimate of drug-likeness (QED) is 0.803. The van der Waals surface area contributed by atoms with Crippen LogP contribution in [0.2, 0.25) is 0 Å². The smallest absolute Gasteiger partial charge is 0.291 e. The number of carbonyl (C=O) groups excluding carboxylic acids is 2. The van der Waals surface area contributed by atoms with Crippen molar-refractivity contribution < 1.29 is 18.7 Å². The number of benzene rings is 1. The van der Waals surface area contributed by atoms with Crippen LogP contribution in [0.5, 0.6) is 5.75 Å². The van der Waals surface area contributed by atoms with Gasteiger partial charge in [0.05, 0.1) is 6.26 Å². The number of hydrogen-bond acceptors (Lipinski definition) is 5. The highest BCUT2D eigenvalue weighted by Crippen LogP contribution is 2.18. The summed E-state index contributed by atoms with van der Waals surface area (Å²) in [6.07, 6.45) is 2.40. The maximum atomic E-state index is 12.2. The van der Waals surface area contributed by atoms with Crippen LogP contribution in [0.1, 0.15) is 17.0 Å². The van der Waals surface area contributed by atoms with E-state index in [0.717, 1.165) is 19.5 Å². The Labute approximate surface area is 158 Å². The standard InChI is InChI=1S/C18H21N3O4.ClH/c1-21(14-7-8-19-11-14)17(22)12-25-15-5-2-4-13(10-15)20-18(23)16-6-3-9-24-16;/h2-6,9-10,14,19H,7-8,11-12H2,1H3,(H,20,23);1H. The summed E-state index contributed by atoms with van der Waals surface area (Å²) in [6, 6.07) is 10.4. The van der Waals surface area contributed by atoms with Crippen molar-refractivity contribution in [2.24, 2.45) is 0 Å². The van der Waals surface area contributed by atoms with Crippen molar-refractivity contribution >= 4 is 29.9 Å². The number of ether oxygens (including phenoxy) is 1. The lowest BCUT2D eigenvalue weighted by atomic mass is 10.2. The number of carbonyl (C=O) groups is 2. The third-order valence-corrected chi connectivity index (χ3v) is 4.17. The normalized spacial score (nSPS) is 15.8. The van der Waals surface area contributed by atoms with Crippen LogP contribution in [-0.4, -0.2) is 49.5 Å². The summed E-state index contributed by atoms with van der Waals surface area (Å²) in [5, 5.41) is 5.96. The van der Waals surface area contributed by atoms with Crippen molar-refractivity contribution in [1.29, 1.82) is 0 Å². The Bertz CT molecular complexity index is 730. The second-order valence-corrected chi connectivity index (χ2v) is 5.90. The van der Waals surface area contributed by atoms with E-state index in [-0.39, 0.29) is 42.6 Å². The molecule has 0 spiro atoms. The molecule has 140 valence electrons. The van der Waals surface area contributed by atoms with Crippen molar-refractivity contribution in [3.8, 4) is 5.75 Å². The first-order valence-electron chi connectivity index (χ1n) is 8.17. The SMILES string of the molecule is CN(C(=O)COc1cccc(NC(=O)c2ccco2)c1)C1CCNC1.Cl. The van der Waals surface area contributed by atoms with Gasteiger partial charge in [-0.1, -0.05) is 6.07 Å². The summed E-state index contributed by atoms with van der Waals surface area (Å²) in [4.78, 5) is 25.9. The Kier molecular flexibility index (Phi) is 7.06. The third-order valence-electron chi connectivity index (χ3n) is 4.17. The second kappa shape index (κ2) is 9.26. The molecule has 0 saturated carbocycles. The largest absolute Gasteiger partial charge is 0.484 e. The van der Waals surface area contributed by atoms with Gasteiger partial charge in [-0.05, 0) is 37.2 Å². The highest BCUT2D eigenvalue weighted by atomic mass is 35.5. The van der Waals surface area contributed by atoms with E-state index in [0.29, 0.717) is 11.4 Å². The van der Waals surface area contributed by atoms with Gasteiger partial charge in [0, 0.05) is 31.4 Å². The number of hydrogen-bond donors (Lipinski definition) is 2. The van der Waals surface area contributed by atoms with Crippen LogP contribution in [0.3, 0.4) is 0 Å². The van der Waals surface area contributed by atoms with E-state index >= 15 is 0 Å². The minimum absolute atomic E-state index is 0. The van der Waals surface area contributed by atoms with Gasteiger partial charge in [-0.3, -0.25) is 9.59 Å². The zero-order valence-corrected chi connectivity index (χ0v) is 15.3. The molecule has 1 atom stereocenters. The number of likely N-dealkylation sites (N-methyl/N-ethyl adjacent to an activating group) is 1. The van der Waals surface area contributed by atoms with Crippen molar-refractivity contribution in [2.75, 3.05) is 32.1 Å². The van der Waals surface area contributed by atoms with Gasteiger partial charge >= 0.3 is 0 Å². The maximum absolute atomic E-state index is 12.2. The Morgan fingerprint density at radius 1 is 1.35 bits per heavy atom. The molecule has 1 aliphatic heterocycles. The average Bonchev–Trinajstić information content (AvgIpc) is 3.32. The fraction of sp³-hybridized carbons (Fsp3) is 0.333. The highest BCUT2D eigenvalue weighted by molar-refractivity contribution is 6.02. The van der Waals surface area contributed by atoms with Crippen LogP contribution >= 0.6 is 12.4 Å². The fourth-order valence-electron chi connectivity index (χ4n) is 2.68. The average molecular weight is 380 g/mol. The van der Waals surface area contributed by atoms with Crippen molar-refractivity contribution in [3.63, 3.8) is 0 Å². The lowest BCUT2D eigenvalue weighted by Crippen LogP contribution is -2.40. The predicted molar refractivity (Wildman–Crippen MR) is 99.9 cm³/mol. The molecule has 2 aromatic rings. The maximum Gasteiger partial charge on any atom is 0.291 e. The van der Waals surface area contributed by atoms with Crippen molar-refractivity contribution in [3.05, 3.63) is 48.4 Å². The molecule has 1 aromatic heterocycles. The summed E-state index contributed by atoms with van der Waals surface area (Å²) in [5.41, 5.74) is 0.569. The Morgan fingerprint density at radius 2 is 2.19 bits per heavy atom. The van der Waals surface area contributed by atoms with Crippen LogP contribution in [0, 0.1) is 0 Å². The van der Waals surface area contributed by atoms with Crippen LogP contribution in [0.25, 0.3) is 0 Å². The molecule has 2 amide bonds. The summed E-state index contributed by atoms with van der Waals surface area (Å²) in [5.74, 6) is 0.335. The fourth-order valence-corrected chi connectivity index (χ4v) is 2.68. The number of amides is 2. The van der Waals surface area contributed by atoms with Crippen molar-refractivity contribution in [1.82, 2.24) is 10.2 Å². The molecule has 0 bridgehead atoms. The predicted octanol–water partition coefficient (Wildman–Crippen LogP) is 2.15. The van der Waals surface area contributed by atoms with Gasteiger partial charge in [0.25, 0.3) is 11.8 Å². The van der Waals surface area contributed by atoms with Gasteiger partial charge in [-0.2, -0.15) is 0 Å². The molecule has 1 unspecified atom stereocenters. The van der Waals surface area contributed by atoms with Crippen LogP contribution in [0.15, 0.2) is 47.1 Å². The van der Waals surface area contributed by atoms with E-state index in [4.69, 9.17) is 9.15 Å². The topological polar surface area (TPSA) is 83.8 Å². The number of rotatable bonds is 6. The molecule has 1 aliphatic rings. The molecule has 3 rings (SSSR count). The van der Waals surface area contributed by atoms with Gasteiger partial charge in [-0.25, -0.2) is 0 Å². The number of furan rings is 1. The van der Waals surface area contributed by atoms with E-state index in [9.17, 15) is 9.59 Å². The van der Waals surface area contributed by atoms with Crippen LogP contribution in [0.4, 0.5) is 5.69 Å². The summed E-state index contributed by atoms with van der Waals surface area (Å²) in [6.45, 7) is 1.71. The first-order chi connectivity index (χ1) is 12.1. The van der Waals surface area contributed by atoms with E-state index in [2.05, 4.69) is 10.6 Å². The molecule has 0 radical (unpaired) electrons. The molecule has 0 aliphatic carbocycles. The van der Waals surface area contributed by atoms with E-state index in [1.165, 1.54) is 6.26 Å². The first-order valence-corrected chi connectivity index (χ1v) is 8.17. The summed E-state index contributed by atoms with van der Waals surface area (Å²) >= 11 is 0. The van der Waals surface area contributed by atoms with E-state index < -0.39 is 0 Å². The molecular weight excluding hydrogens is 358 g/mol. The lowest BCUT2D eigenvalue weighted by molar-refractivity contribution is -0.133. The van der Waals surface area contributed by atoms with Crippen molar-refractivity contribution in [2.45, 2.75) is 12.5 Å². The monoisotopic (exact) mass is 379 g/mol. The first kappa shape index (κ1) is 19.8. The molecule has 1 aromatic carbocycles. The summed E-state index contributed by atoms with van der Waals surface area (Å²) < 4.78 is 10.6. The van der Waals surface area contributed by atoms with Gasteiger partial charge in [-0.15, -0.1) is 12.4 Å². The number of anilines is 1.